The van der Waals surface area contributed by atoms with E-state index in [1.165, 1.54) is 0 Å². The van der Waals surface area contributed by atoms with Crippen LogP contribution in [0.1, 0.15) is 31.9 Å². The maximum atomic E-state index is 9.16. The predicted octanol–water partition coefficient (Wildman–Crippen LogP) is 3.34. The summed E-state index contributed by atoms with van der Waals surface area (Å²) in [6.45, 7) is 5.28. The van der Waals surface area contributed by atoms with Gasteiger partial charge in [-0.3, -0.25) is 4.98 Å². The number of nitrogens with two attached hydrogens (primary N) is 1. The number of hydrogen-bond acceptors (Lipinski definition) is 4. The van der Waals surface area contributed by atoms with Gasteiger partial charge in [0.05, 0.1) is 5.52 Å². The maximum absolute atomic E-state index is 9.16. The molecule has 1 atom stereocenters. The van der Waals surface area contributed by atoms with Crippen LogP contribution in [0.4, 0.5) is 11.4 Å². The summed E-state index contributed by atoms with van der Waals surface area (Å²) in [5.74, 6) is 0.490. The molecule has 1 aromatic carbocycles. The second-order valence-electron chi connectivity index (χ2n) is 5.64. The van der Waals surface area contributed by atoms with Crippen LogP contribution in [0.3, 0.4) is 0 Å². The number of hydrogen-bond donors (Lipinski definition) is 3. The smallest absolute Gasteiger partial charge is 0.0727 e. The van der Waals surface area contributed by atoms with Gasteiger partial charge in [0.2, 0.25) is 0 Å². The minimum atomic E-state index is 0.245. The van der Waals surface area contributed by atoms with Crippen LogP contribution in [0.2, 0.25) is 0 Å². The highest BCUT2D eigenvalue weighted by Crippen LogP contribution is 2.26. The lowest BCUT2D eigenvalue weighted by molar-refractivity contribution is 0.255. The molecule has 4 heteroatoms. The number of benzene rings is 1. The molecule has 0 aliphatic carbocycles. The third-order valence-electron chi connectivity index (χ3n) is 3.78. The minimum Gasteiger partial charge on any atom is -0.399 e. The van der Waals surface area contributed by atoms with Crippen LogP contribution < -0.4 is 11.1 Å². The number of rotatable bonds is 7. The Bertz CT molecular complexity index is 592. The van der Waals surface area contributed by atoms with Crippen LogP contribution >= 0.6 is 0 Å². The maximum Gasteiger partial charge on any atom is 0.0727 e. The number of aliphatic hydroxyl groups excluding tert-OH is 1. The molecule has 0 spiro atoms. The Kier molecular flexibility index (Phi) is 5.39. The van der Waals surface area contributed by atoms with E-state index < -0.39 is 0 Å². The van der Waals surface area contributed by atoms with E-state index in [0.29, 0.717) is 5.92 Å². The highest BCUT2D eigenvalue weighted by atomic mass is 16.3. The first-order valence-corrected chi connectivity index (χ1v) is 7.65. The molecule has 1 heterocycles. The van der Waals surface area contributed by atoms with E-state index in [1.54, 1.807) is 0 Å². The molecule has 114 valence electrons. The fourth-order valence-electron chi connectivity index (χ4n) is 2.72. The lowest BCUT2D eigenvalue weighted by atomic mass is 10.00. The Morgan fingerprint density at radius 2 is 2.10 bits per heavy atom. The van der Waals surface area contributed by atoms with Crippen molar-refractivity contribution in [1.82, 2.24) is 4.98 Å². The SMILES string of the molecule is CCCC(CCO)CNc1cc(C)nc2ccc(N)cc12. The highest BCUT2D eigenvalue weighted by Gasteiger charge is 2.09. The quantitative estimate of drug-likeness (QED) is 0.683. The third-order valence-corrected chi connectivity index (χ3v) is 3.78. The van der Waals surface area contributed by atoms with Crippen molar-refractivity contribution in [3.63, 3.8) is 0 Å². The molecule has 0 saturated heterocycles. The van der Waals surface area contributed by atoms with Crippen molar-refractivity contribution in [1.29, 1.82) is 0 Å². The summed E-state index contributed by atoms with van der Waals surface area (Å²) in [4.78, 5) is 4.54. The van der Waals surface area contributed by atoms with Crippen molar-refractivity contribution in [2.45, 2.75) is 33.1 Å². The number of nitrogens with one attached hydrogen (secondary N) is 1. The Labute approximate surface area is 126 Å². The molecule has 1 aromatic heterocycles. The topological polar surface area (TPSA) is 71.2 Å². The summed E-state index contributed by atoms with van der Waals surface area (Å²) >= 11 is 0. The van der Waals surface area contributed by atoms with Gasteiger partial charge in [-0.25, -0.2) is 0 Å². The Hall–Kier alpha value is -1.81. The first-order valence-electron chi connectivity index (χ1n) is 7.65. The largest absolute Gasteiger partial charge is 0.399 e. The lowest BCUT2D eigenvalue weighted by Crippen LogP contribution is -2.16. The van der Waals surface area contributed by atoms with Gasteiger partial charge >= 0.3 is 0 Å². The molecule has 1 unspecified atom stereocenters. The zero-order valence-electron chi connectivity index (χ0n) is 12.9. The Morgan fingerprint density at radius 1 is 1.29 bits per heavy atom. The van der Waals surface area contributed by atoms with E-state index in [1.807, 2.05) is 25.1 Å². The number of fused-ring (bicyclic) bond motifs is 1. The van der Waals surface area contributed by atoms with Crippen LogP contribution in [0.15, 0.2) is 24.3 Å². The highest BCUT2D eigenvalue weighted by molar-refractivity contribution is 5.93. The van der Waals surface area contributed by atoms with E-state index in [2.05, 4.69) is 23.3 Å². The van der Waals surface area contributed by atoms with Crippen LogP contribution in [-0.4, -0.2) is 23.2 Å². The van der Waals surface area contributed by atoms with Crippen molar-refractivity contribution in [2.75, 3.05) is 24.2 Å². The fraction of sp³-hybridized carbons (Fsp3) is 0.471. The zero-order chi connectivity index (χ0) is 15.2. The van der Waals surface area contributed by atoms with Gasteiger partial charge in [-0.15, -0.1) is 0 Å². The first-order chi connectivity index (χ1) is 10.1. The van der Waals surface area contributed by atoms with Gasteiger partial charge in [0.25, 0.3) is 0 Å². The Balaban J connectivity index is 2.22. The molecule has 2 rings (SSSR count). The first kappa shape index (κ1) is 15.6. The number of nitrogens with zero attached hydrogens (tertiary/aromatic N) is 1. The van der Waals surface area contributed by atoms with Crippen LogP contribution in [-0.2, 0) is 0 Å². The standard InChI is InChI=1S/C17H25N3O/c1-3-4-13(7-8-21)11-19-17-9-12(2)20-16-6-5-14(18)10-15(16)17/h5-6,9-10,13,21H,3-4,7-8,11,18H2,1-2H3,(H,19,20). The van der Waals surface area contributed by atoms with Crippen LogP contribution in [0, 0.1) is 12.8 Å². The van der Waals surface area contributed by atoms with E-state index in [9.17, 15) is 0 Å². The van der Waals surface area contributed by atoms with Crippen molar-refractivity contribution in [3.05, 3.63) is 30.0 Å². The summed E-state index contributed by atoms with van der Waals surface area (Å²) in [5.41, 5.74) is 9.66. The van der Waals surface area contributed by atoms with Crippen molar-refractivity contribution in [2.24, 2.45) is 5.92 Å². The van der Waals surface area contributed by atoms with Crippen molar-refractivity contribution < 1.29 is 5.11 Å². The second kappa shape index (κ2) is 7.27. The number of nitrogen functional groups attached to an aromatic ring is 1. The fourth-order valence-corrected chi connectivity index (χ4v) is 2.72. The van der Waals surface area contributed by atoms with Gasteiger partial charge in [0.1, 0.15) is 0 Å². The van der Waals surface area contributed by atoms with Gasteiger partial charge in [0, 0.05) is 35.6 Å². The average molecular weight is 287 g/mol. The molecular formula is C17H25N3O. The molecule has 0 aliphatic heterocycles. The third kappa shape index (κ3) is 4.08. The van der Waals surface area contributed by atoms with E-state index in [-0.39, 0.29) is 6.61 Å². The summed E-state index contributed by atoms with van der Waals surface area (Å²) in [7, 11) is 0. The molecule has 0 amide bonds. The number of aryl methyl sites for hydroxylation is 1. The summed E-state index contributed by atoms with van der Waals surface area (Å²) in [5, 5.41) is 13.7. The molecule has 0 aliphatic rings. The summed E-state index contributed by atoms with van der Waals surface area (Å²) in [6.07, 6.45) is 3.10. The molecule has 2 aromatic rings. The molecule has 0 fully saturated rings. The van der Waals surface area contributed by atoms with Gasteiger partial charge in [0.15, 0.2) is 0 Å². The van der Waals surface area contributed by atoms with E-state index in [4.69, 9.17) is 10.8 Å². The monoisotopic (exact) mass is 287 g/mol. The number of aromatic nitrogens is 1. The summed E-state index contributed by atoms with van der Waals surface area (Å²) < 4.78 is 0. The molecule has 4 nitrogen and oxygen atoms in total. The molecule has 0 saturated carbocycles. The predicted molar refractivity (Wildman–Crippen MR) is 89.5 cm³/mol. The molecule has 21 heavy (non-hydrogen) atoms. The van der Waals surface area contributed by atoms with Crippen molar-refractivity contribution >= 4 is 22.3 Å². The number of pyridine rings is 1. The molecule has 0 bridgehead atoms. The zero-order valence-corrected chi connectivity index (χ0v) is 12.9. The van der Waals surface area contributed by atoms with Crippen LogP contribution in [0.25, 0.3) is 10.9 Å². The summed E-state index contributed by atoms with van der Waals surface area (Å²) in [6, 6.07) is 7.86. The number of aliphatic hydroxyl groups is 1. The van der Waals surface area contributed by atoms with Gasteiger partial charge in [-0.1, -0.05) is 13.3 Å². The van der Waals surface area contributed by atoms with Gasteiger partial charge < -0.3 is 16.2 Å². The van der Waals surface area contributed by atoms with E-state index in [0.717, 1.165) is 53.8 Å². The van der Waals surface area contributed by atoms with Gasteiger partial charge in [-0.05, 0) is 49.9 Å². The normalized spacial score (nSPS) is 12.5. The second-order valence-corrected chi connectivity index (χ2v) is 5.64. The lowest BCUT2D eigenvalue weighted by Gasteiger charge is -2.18. The van der Waals surface area contributed by atoms with Crippen molar-refractivity contribution in [3.8, 4) is 0 Å². The number of anilines is 2. The Morgan fingerprint density at radius 3 is 2.81 bits per heavy atom. The van der Waals surface area contributed by atoms with E-state index >= 15 is 0 Å². The minimum absolute atomic E-state index is 0.245. The van der Waals surface area contributed by atoms with Gasteiger partial charge in [-0.2, -0.15) is 0 Å². The molecular weight excluding hydrogens is 262 g/mol. The van der Waals surface area contributed by atoms with Crippen LogP contribution in [0.5, 0.6) is 0 Å². The molecule has 0 radical (unpaired) electrons. The average Bonchev–Trinajstić information content (AvgIpc) is 2.45. The molecule has 4 N–H and O–H groups in total.